The maximum Gasteiger partial charge on any atom is 0.243 e. The number of nitrogens with one attached hydrogen (secondary N) is 1. The second-order valence-corrected chi connectivity index (χ2v) is 9.16. The second kappa shape index (κ2) is 9.95. The number of hydrogen-bond donors (Lipinski definition) is 1. The van der Waals surface area contributed by atoms with E-state index in [0.29, 0.717) is 25.3 Å². The van der Waals surface area contributed by atoms with Crippen molar-refractivity contribution in [2.24, 2.45) is 0 Å². The Labute approximate surface area is 178 Å². The molecular weight excluding hydrogens is 404 g/mol. The number of carbonyl (C=O) groups excluding carboxylic acids is 1. The van der Waals surface area contributed by atoms with Crippen LogP contribution in [-0.2, 0) is 21.4 Å². The molecule has 1 fully saturated rings. The summed E-state index contributed by atoms with van der Waals surface area (Å²) < 4.78 is 38.1. The van der Waals surface area contributed by atoms with Gasteiger partial charge in [-0.05, 0) is 54.8 Å². The summed E-state index contributed by atoms with van der Waals surface area (Å²) in [6, 6.07) is 13.5. The monoisotopic (exact) mass is 432 g/mol. The summed E-state index contributed by atoms with van der Waals surface area (Å²) in [5.41, 5.74) is 0.925. The molecule has 0 aromatic heterocycles. The molecule has 0 bridgehead atoms. The topological polar surface area (TPSA) is 84.9 Å². The maximum atomic E-state index is 13.2. The molecule has 2 aromatic carbocycles. The molecule has 2 aromatic rings. The molecule has 0 spiro atoms. The zero-order valence-corrected chi connectivity index (χ0v) is 18.2. The van der Waals surface area contributed by atoms with E-state index in [9.17, 15) is 13.2 Å². The molecule has 162 valence electrons. The number of methoxy groups -OCH3 is 2. The number of amides is 1. The predicted octanol–water partition coefficient (Wildman–Crippen LogP) is 2.95. The highest BCUT2D eigenvalue weighted by Gasteiger charge is 2.34. The lowest BCUT2D eigenvalue weighted by molar-refractivity contribution is -0.122. The predicted molar refractivity (Wildman–Crippen MR) is 114 cm³/mol. The maximum absolute atomic E-state index is 13.2. The molecule has 1 heterocycles. The summed E-state index contributed by atoms with van der Waals surface area (Å²) in [5, 5.41) is 2.89. The fourth-order valence-electron chi connectivity index (χ4n) is 3.65. The fourth-order valence-corrected chi connectivity index (χ4v) is 5.34. The average Bonchev–Trinajstić information content (AvgIpc) is 2.78. The lowest BCUT2D eigenvalue weighted by Crippen LogP contribution is -2.45. The van der Waals surface area contributed by atoms with Gasteiger partial charge in [-0.15, -0.1) is 0 Å². The fraction of sp³-hybridized carbons (Fsp3) is 0.409. The Morgan fingerprint density at radius 3 is 2.50 bits per heavy atom. The van der Waals surface area contributed by atoms with E-state index in [0.717, 1.165) is 24.2 Å². The highest BCUT2D eigenvalue weighted by Crippen LogP contribution is 2.28. The average molecular weight is 433 g/mol. The van der Waals surface area contributed by atoms with E-state index in [2.05, 4.69) is 5.32 Å². The minimum Gasteiger partial charge on any atom is -0.497 e. The smallest absolute Gasteiger partial charge is 0.243 e. The molecular formula is C22H28N2O5S. The Kier molecular flexibility index (Phi) is 7.33. The number of piperidine rings is 1. The summed E-state index contributed by atoms with van der Waals surface area (Å²) >= 11 is 0. The Hall–Kier alpha value is -2.58. The van der Waals surface area contributed by atoms with Crippen molar-refractivity contribution in [1.29, 1.82) is 0 Å². The molecule has 8 heteroatoms. The largest absolute Gasteiger partial charge is 0.497 e. The van der Waals surface area contributed by atoms with Crippen LogP contribution in [0.1, 0.15) is 31.2 Å². The van der Waals surface area contributed by atoms with Gasteiger partial charge < -0.3 is 14.8 Å². The first-order valence-electron chi connectivity index (χ1n) is 9.99. The second-order valence-electron chi connectivity index (χ2n) is 7.27. The van der Waals surface area contributed by atoms with E-state index in [4.69, 9.17) is 9.47 Å². The number of carbonyl (C=O) groups is 1. The summed E-state index contributed by atoms with van der Waals surface area (Å²) in [6.45, 7) is 0.788. The van der Waals surface area contributed by atoms with E-state index in [1.54, 1.807) is 31.4 Å². The van der Waals surface area contributed by atoms with Crippen LogP contribution in [0.3, 0.4) is 0 Å². The van der Waals surface area contributed by atoms with Crippen molar-refractivity contribution in [3.8, 4) is 11.5 Å². The zero-order valence-electron chi connectivity index (χ0n) is 17.3. The van der Waals surface area contributed by atoms with Crippen molar-refractivity contribution in [2.45, 2.75) is 43.2 Å². The van der Waals surface area contributed by atoms with Crippen molar-refractivity contribution < 1.29 is 22.7 Å². The van der Waals surface area contributed by atoms with Crippen LogP contribution in [0.4, 0.5) is 0 Å². The third kappa shape index (κ3) is 5.31. The summed E-state index contributed by atoms with van der Waals surface area (Å²) in [6.07, 6.45) is 2.50. The molecule has 1 saturated heterocycles. The Morgan fingerprint density at radius 1 is 1.07 bits per heavy atom. The standard InChI is InChI=1S/C22H28N2O5S/c1-28-19-9-11-21(12-10-19)30(26,27)24-13-4-3-7-18(24)15-22(25)23-16-17-6-5-8-20(14-17)29-2/h5-6,8-12,14,18H,3-4,7,13,15-16H2,1-2H3,(H,23,25)/t18-/m0/s1. The molecule has 0 aliphatic carbocycles. The van der Waals surface area contributed by atoms with Crippen molar-refractivity contribution in [2.75, 3.05) is 20.8 Å². The van der Waals surface area contributed by atoms with Gasteiger partial charge in [0.25, 0.3) is 0 Å². The SMILES string of the molecule is COc1ccc(S(=O)(=O)N2CCCC[C@H]2CC(=O)NCc2cccc(OC)c2)cc1. The van der Waals surface area contributed by atoms with Gasteiger partial charge >= 0.3 is 0 Å². The van der Waals surface area contributed by atoms with Crippen molar-refractivity contribution in [1.82, 2.24) is 9.62 Å². The highest BCUT2D eigenvalue weighted by atomic mass is 32.2. The van der Waals surface area contributed by atoms with Crippen LogP contribution in [0.15, 0.2) is 53.4 Å². The van der Waals surface area contributed by atoms with Crippen molar-refractivity contribution >= 4 is 15.9 Å². The highest BCUT2D eigenvalue weighted by molar-refractivity contribution is 7.89. The van der Waals surface area contributed by atoms with Gasteiger partial charge in [0.15, 0.2) is 0 Å². The molecule has 30 heavy (non-hydrogen) atoms. The number of hydrogen-bond acceptors (Lipinski definition) is 5. The van der Waals surface area contributed by atoms with Crippen LogP contribution in [-0.4, -0.2) is 45.4 Å². The van der Waals surface area contributed by atoms with Gasteiger partial charge in [-0.25, -0.2) is 8.42 Å². The molecule has 0 unspecified atom stereocenters. The first kappa shape index (κ1) is 22.1. The Balaban J connectivity index is 1.66. The summed E-state index contributed by atoms with van der Waals surface area (Å²) in [4.78, 5) is 12.8. The molecule has 1 atom stereocenters. The van der Waals surface area contributed by atoms with Crippen LogP contribution in [0, 0.1) is 0 Å². The van der Waals surface area contributed by atoms with Gasteiger partial charge in [0, 0.05) is 25.6 Å². The lowest BCUT2D eigenvalue weighted by atomic mass is 10.0. The van der Waals surface area contributed by atoms with Gasteiger partial charge in [-0.2, -0.15) is 4.31 Å². The number of rotatable bonds is 8. The quantitative estimate of drug-likeness (QED) is 0.693. The lowest BCUT2D eigenvalue weighted by Gasteiger charge is -2.34. The molecule has 1 aliphatic rings. The zero-order chi connectivity index (χ0) is 21.6. The van der Waals surface area contributed by atoms with Crippen molar-refractivity contribution in [3.05, 3.63) is 54.1 Å². The Bertz CT molecular complexity index is 960. The van der Waals surface area contributed by atoms with Crippen LogP contribution in [0.25, 0.3) is 0 Å². The van der Waals surface area contributed by atoms with Gasteiger partial charge in [0.05, 0.1) is 19.1 Å². The third-order valence-corrected chi connectivity index (χ3v) is 7.25. The Morgan fingerprint density at radius 2 is 1.80 bits per heavy atom. The molecule has 3 rings (SSSR count). The summed E-state index contributed by atoms with van der Waals surface area (Å²) in [5.74, 6) is 1.16. The van der Waals surface area contributed by atoms with Gasteiger partial charge in [0.1, 0.15) is 11.5 Å². The van der Waals surface area contributed by atoms with Crippen LogP contribution < -0.4 is 14.8 Å². The number of nitrogens with zero attached hydrogens (tertiary/aromatic N) is 1. The third-order valence-electron chi connectivity index (χ3n) is 5.28. The van der Waals surface area contributed by atoms with E-state index in [1.807, 2.05) is 24.3 Å². The molecule has 1 N–H and O–H groups in total. The van der Waals surface area contributed by atoms with Crippen LogP contribution in [0.5, 0.6) is 11.5 Å². The minimum atomic E-state index is -3.68. The van der Waals surface area contributed by atoms with E-state index in [-0.39, 0.29) is 23.3 Å². The minimum absolute atomic E-state index is 0.138. The molecule has 1 aliphatic heterocycles. The van der Waals surface area contributed by atoms with E-state index in [1.165, 1.54) is 11.4 Å². The molecule has 0 radical (unpaired) electrons. The van der Waals surface area contributed by atoms with Crippen LogP contribution in [0.2, 0.25) is 0 Å². The molecule has 7 nitrogen and oxygen atoms in total. The van der Waals surface area contributed by atoms with Crippen molar-refractivity contribution in [3.63, 3.8) is 0 Å². The van der Waals surface area contributed by atoms with Gasteiger partial charge in [-0.3, -0.25) is 4.79 Å². The van der Waals surface area contributed by atoms with Gasteiger partial charge in [0.2, 0.25) is 15.9 Å². The van der Waals surface area contributed by atoms with Gasteiger partial charge in [-0.1, -0.05) is 18.6 Å². The van der Waals surface area contributed by atoms with E-state index < -0.39 is 10.0 Å². The number of ether oxygens (including phenoxy) is 2. The normalized spacial score (nSPS) is 17.3. The summed E-state index contributed by atoms with van der Waals surface area (Å²) in [7, 11) is -0.545. The van der Waals surface area contributed by atoms with Crippen LogP contribution >= 0.6 is 0 Å². The number of benzene rings is 2. The molecule has 0 saturated carbocycles. The first-order valence-corrected chi connectivity index (χ1v) is 11.4. The first-order chi connectivity index (χ1) is 14.4. The molecule has 1 amide bonds. The number of sulfonamides is 1. The van der Waals surface area contributed by atoms with E-state index >= 15 is 0 Å².